The van der Waals surface area contributed by atoms with Gasteiger partial charge >= 0.3 is 0 Å². The Morgan fingerprint density at radius 3 is 2.69 bits per heavy atom. The third-order valence-electron chi connectivity index (χ3n) is 3.62. The van der Waals surface area contributed by atoms with Crippen LogP contribution in [-0.4, -0.2) is 31.8 Å². The molecule has 0 aliphatic carbocycles. The van der Waals surface area contributed by atoms with Crippen LogP contribution in [0.15, 0.2) is 46.9 Å². The molecule has 26 heavy (non-hydrogen) atoms. The van der Waals surface area contributed by atoms with Crippen molar-refractivity contribution in [2.24, 2.45) is 0 Å². The van der Waals surface area contributed by atoms with Gasteiger partial charge < -0.3 is 11.2 Å². The lowest BCUT2D eigenvalue weighted by molar-refractivity contribution is -0.115. The van der Waals surface area contributed by atoms with E-state index in [4.69, 9.17) is 5.84 Å². The van der Waals surface area contributed by atoms with Crippen LogP contribution in [0.1, 0.15) is 24.2 Å². The molecule has 134 valence electrons. The second-order valence-electron chi connectivity index (χ2n) is 5.50. The number of nitrogens with one attached hydrogen (secondary N) is 1. The summed E-state index contributed by atoms with van der Waals surface area (Å²) in [5.74, 6) is 6.26. The monoisotopic (exact) mass is 387 g/mol. The summed E-state index contributed by atoms with van der Waals surface area (Å²) in [6.07, 6.45) is 0. The fourth-order valence-electron chi connectivity index (χ4n) is 2.28. The zero-order valence-corrected chi connectivity index (χ0v) is 15.8. The van der Waals surface area contributed by atoms with Crippen LogP contribution in [0, 0.1) is 0 Å². The van der Waals surface area contributed by atoms with Crippen molar-refractivity contribution in [1.82, 2.24) is 14.9 Å². The average molecular weight is 387 g/mol. The van der Waals surface area contributed by atoms with Gasteiger partial charge in [0, 0.05) is 5.56 Å². The van der Waals surface area contributed by atoms with Crippen LogP contribution in [0.4, 0.5) is 5.69 Å². The normalized spacial score (nSPS) is 11.9. The van der Waals surface area contributed by atoms with Gasteiger partial charge in [0.15, 0.2) is 11.6 Å². The summed E-state index contributed by atoms with van der Waals surface area (Å²) in [4.78, 5) is 25.1. The summed E-state index contributed by atoms with van der Waals surface area (Å²) in [5, 5.41) is 12.8. The van der Waals surface area contributed by atoms with E-state index in [1.165, 1.54) is 34.7 Å². The lowest BCUT2D eigenvalue weighted by Crippen LogP contribution is -2.24. The van der Waals surface area contributed by atoms with E-state index in [9.17, 15) is 9.59 Å². The highest BCUT2D eigenvalue weighted by Crippen LogP contribution is 2.28. The molecule has 0 fully saturated rings. The molecule has 0 bridgehead atoms. The maximum Gasteiger partial charge on any atom is 0.237 e. The Balaban J connectivity index is 1.72. The summed E-state index contributed by atoms with van der Waals surface area (Å²) in [6, 6.07) is 10.7. The Kier molecular flexibility index (Phi) is 5.38. The van der Waals surface area contributed by atoms with E-state index in [-0.39, 0.29) is 11.7 Å². The third kappa shape index (κ3) is 3.78. The number of benzene rings is 1. The zero-order chi connectivity index (χ0) is 18.7. The topological polar surface area (TPSA) is 103 Å². The summed E-state index contributed by atoms with van der Waals surface area (Å²) >= 11 is 2.71. The SMILES string of the molecule is CC(=O)c1ccccc1NC(=O)C(C)Sc1nnc(-c2cccs2)n1N. The van der Waals surface area contributed by atoms with Gasteiger partial charge in [0.05, 0.1) is 15.8 Å². The number of carbonyl (C=O) groups is 2. The van der Waals surface area contributed by atoms with Crippen molar-refractivity contribution in [3.8, 4) is 10.7 Å². The molecule has 3 rings (SSSR count). The number of thioether (sulfide) groups is 1. The molecule has 1 amide bonds. The Morgan fingerprint density at radius 1 is 1.23 bits per heavy atom. The number of carbonyl (C=O) groups excluding carboxylic acids is 2. The molecule has 2 heterocycles. The quantitative estimate of drug-likeness (QED) is 0.383. The smallest absolute Gasteiger partial charge is 0.237 e. The van der Waals surface area contributed by atoms with Crippen molar-refractivity contribution >= 4 is 40.5 Å². The van der Waals surface area contributed by atoms with Gasteiger partial charge in [-0.2, -0.15) is 0 Å². The fourth-order valence-corrected chi connectivity index (χ4v) is 3.75. The molecular weight excluding hydrogens is 370 g/mol. The molecule has 1 atom stereocenters. The van der Waals surface area contributed by atoms with E-state index in [0.29, 0.717) is 22.2 Å². The first kappa shape index (κ1) is 18.2. The van der Waals surface area contributed by atoms with E-state index in [2.05, 4.69) is 15.5 Å². The zero-order valence-electron chi connectivity index (χ0n) is 14.2. The highest BCUT2D eigenvalue weighted by atomic mass is 32.2. The molecule has 3 aromatic rings. The van der Waals surface area contributed by atoms with Gasteiger partial charge in [-0.3, -0.25) is 9.59 Å². The first-order chi connectivity index (χ1) is 12.5. The van der Waals surface area contributed by atoms with Crippen LogP contribution < -0.4 is 11.2 Å². The number of amides is 1. The van der Waals surface area contributed by atoms with Crippen molar-refractivity contribution in [1.29, 1.82) is 0 Å². The first-order valence-corrected chi connectivity index (χ1v) is 9.55. The van der Waals surface area contributed by atoms with Crippen molar-refractivity contribution in [3.05, 3.63) is 47.3 Å². The Morgan fingerprint density at radius 2 is 2.00 bits per heavy atom. The number of ketones is 1. The van der Waals surface area contributed by atoms with Crippen molar-refractivity contribution < 1.29 is 9.59 Å². The number of nitrogens with zero attached hydrogens (tertiary/aromatic N) is 3. The minimum atomic E-state index is -0.474. The first-order valence-electron chi connectivity index (χ1n) is 7.79. The Labute approximate surface area is 158 Å². The number of hydrogen-bond donors (Lipinski definition) is 2. The number of nitrogen functional groups attached to an aromatic ring is 1. The lowest BCUT2D eigenvalue weighted by Gasteiger charge is -2.13. The summed E-state index contributed by atoms with van der Waals surface area (Å²) < 4.78 is 1.38. The van der Waals surface area contributed by atoms with Crippen molar-refractivity contribution in [2.45, 2.75) is 24.3 Å². The van der Waals surface area contributed by atoms with Crippen LogP contribution in [0.2, 0.25) is 0 Å². The van der Waals surface area contributed by atoms with E-state index in [0.717, 1.165) is 4.88 Å². The average Bonchev–Trinajstić information content (AvgIpc) is 3.25. The summed E-state index contributed by atoms with van der Waals surface area (Å²) in [5.41, 5.74) is 0.964. The van der Waals surface area contributed by atoms with Crippen LogP contribution >= 0.6 is 23.1 Å². The molecule has 0 saturated carbocycles. The van der Waals surface area contributed by atoms with Gasteiger partial charge in [-0.05, 0) is 37.4 Å². The molecule has 0 radical (unpaired) electrons. The number of Topliss-reactive ketones (excluding diaryl/α,β-unsaturated/α-hetero) is 1. The predicted molar refractivity (Wildman–Crippen MR) is 104 cm³/mol. The van der Waals surface area contributed by atoms with Crippen LogP contribution in [0.3, 0.4) is 0 Å². The van der Waals surface area contributed by atoms with E-state index in [1.807, 2.05) is 17.5 Å². The number of anilines is 1. The molecule has 3 N–H and O–H groups in total. The van der Waals surface area contributed by atoms with Gasteiger partial charge in [-0.1, -0.05) is 30.0 Å². The number of para-hydroxylation sites is 1. The van der Waals surface area contributed by atoms with Crippen molar-refractivity contribution in [3.63, 3.8) is 0 Å². The maximum atomic E-state index is 12.5. The number of rotatable bonds is 6. The largest absolute Gasteiger partial charge is 0.335 e. The maximum absolute atomic E-state index is 12.5. The van der Waals surface area contributed by atoms with Gasteiger partial charge in [-0.15, -0.1) is 21.5 Å². The minimum Gasteiger partial charge on any atom is -0.335 e. The van der Waals surface area contributed by atoms with E-state index in [1.54, 1.807) is 31.2 Å². The number of aromatic nitrogens is 3. The highest BCUT2D eigenvalue weighted by molar-refractivity contribution is 8.00. The van der Waals surface area contributed by atoms with Crippen molar-refractivity contribution in [2.75, 3.05) is 11.2 Å². The minimum absolute atomic E-state index is 0.108. The molecule has 0 aliphatic heterocycles. The number of thiophene rings is 1. The molecule has 0 aliphatic rings. The Hall–Kier alpha value is -2.65. The second-order valence-corrected chi connectivity index (χ2v) is 7.76. The lowest BCUT2D eigenvalue weighted by atomic mass is 10.1. The molecule has 1 unspecified atom stereocenters. The van der Waals surface area contributed by atoms with Crippen LogP contribution in [0.25, 0.3) is 10.7 Å². The van der Waals surface area contributed by atoms with Crippen LogP contribution in [0.5, 0.6) is 0 Å². The standard InChI is InChI=1S/C17H17N5O2S2/c1-10(23)12-6-3-4-7-13(12)19-16(24)11(2)26-17-21-20-15(22(17)18)14-8-5-9-25-14/h3-9,11H,18H2,1-2H3,(H,19,24). The van der Waals surface area contributed by atoms with Gasteiger partial charge in [-0.25, -0.2) is 4.68 Å². The Bertz CT molecular complexity index is 937. The molecule has 0 spiro atoms. The molecule has 9 heteroatoms. The molecule has 2 aromatic heterocycles. The summed E-state index contributed by atoms with van der Waals surface area (Å²) in [7, 11) is 0. The van der Waals surface area contributed by atoms with Gasteiger partial charge in [0.1, 0.15) is 0 Å². The molecule has 7 nitrogen and oxygen atoms in total. The van der Waals surface area contributed by atoms with Gasteiger partial charge in [0.25, 0.3) is 0 Å². The molecule has 0 saturated heterocycles. The number of hydrogen-bond acceptors (Lipinski definition) is 7. The number of nitrogens with two attached hydrogens (primary N) is 1. The van der Waals surface area contributed by atoms with Gasteiger partial charge in [0.2, 0.25) is 11.1 Å². The van der Waals surface area contributed by atoms with E-state index < -0.39 is 5.25 Å². The fraction of sp³-hybridized carbons (Fsp3) is 0.176. The third-order valence-corrected chi connectivity index (χ3v) is 5.54. The predicted octanol–water partition coefficient (Wildman–Crippen LogP) is 3.04. The van der Waals surface area contributed by atoms with Crippen LogP contribution in [-0.2, 0) is 4.79 Å². The molecule has 1 aromatic carbocycles. The van der Waals surface area contributed by atoms with E-state index >= 15 is 0 Å². The second kappa shape index (κ2) is 7.71. The highest BCUT2D eigenvalue weighted by Gasteiger charge is 2.21. The summed E-state index contributed by atoms with van der Waals surface area (Å²) in [6.45, 7) is 3.21. The molecular formula is C17H17N5O2S2.